The molecule has 1 aromatic heterocycles. The SMILES string of the molecule is C[C@@H](Nc1c(C#N)nnc2cc(-c3cccc(C[SH](=O)=O)c3)ccc12)C1CC1. The lowest BCUT2D eigenvalue weighted by molar-refractivity contribution is 0.614. The van der Waals surface area contributed by atoms with Crippen molar-refractivity contribution in [2.45, 2.75) is 31.6 Å². The van der Waals surface area contributed by atoms with E-state index in [1.807, 2.05) is 36.4 Å². The van der Waals surface area contributed by atoms with Crippen molar-refractivity contribution in [3.8, 4) is 17.2 Å². The Bertz CT molecular complexity index is 1150. The second kappa shape index (κ2) is 7.56. The smallest absolute Gasteiger partial charge is 0.186 e. The molecule has 4 rings (SSSR count). The van der Waals surface area contributed by atoms with E-state index in [9.17, 15) is 13.7 Å². The third kappa shape index (κ3) is 3.82. The number of thiol groups is 1. The van der Waals surface area contributed by atoms with E-state index in [0.717, 1.165) is 27.8 Å². The minimum atomic E-state index is -2.47. The molecule has 0 saturated heterocycles. The summed E-state index contributed by atoms with van der Waals surface area (Å²) in [5, 5.41) is 22.1. The van der Waals surface area contributed by atoms with Crippen LogP contribution in [0.3, 0.4) is 0 Å². The maximum atomic E-state index is 11.0. The van der Waals surface area contributed by atoms with Gasteiger partial charge >= 0.3 is 0 Å². The number of fused-ring (bicyclic) bond motifs is 1. The molecule has 1 N–H and O–H groups in total. The number of hydrogen-bond donors (Lipinski definition) is 2. The van der Waals surface area contributed by atoms with Crippen LogP contribution in [-0.4, -0.2) is 24.7 Å². The predicted octanol–water partition coefficient (Wildman–Crippen LogP) is 3.49. The summed E-state index contributed by atoms with van der Waals surface area (Å²) in [5.74, 6) is 0.666. The van der Waals surface area contributed by atoms with Gasteiger partial charge in [-0.05, 0) is 54.5 Å². The van der Waals surface area contributed by atoms with Gasteiger partial charge in [0.05, 0.1) is 17.0 Å². The highest BCUT2D eigenvalue weighted by molar-refractivity contribution is 7.71. The molecule has 28 heavy (non-hydrogen) atoms. The summed E-state index contributed by atoms with van der Waals surface area (Å²) in [4.78, 5) is 0. The van der Waals surface area contributed by atoms with E-state index in [-0.39, 0.29) is 11.8 Å². The number of anilines is 1. The average molecular weight is 392 g/mol. The third-order valence-electron chi connectivity index (χ3n) is 5.14. The van der Waals surface area contributed by atoms with E-state index in [2.05, 4.69) is 28.5 Å². The first-order valence-corrected chi connectivity index (χ1v) is 10.6. The maximum absolute atomic E-state index is 11.0. The third-order valence-corrected chi connectivity index (χ3v) is 5.76. The van der Waals surface area contributed by atoms with Gasteiger partial charge in [0.25, 0.3) is 0 Å². The summed E-state index contributed by atoms with van der Waals surface area (Å²) in [5.41, 5.74) is 4.33. The molecule has 7 heteroatoms. The molecule has 6 nitrogen and oxygen atoms in total. The van der Waals surface area contributed by atoms with Crippen molar-refractivity contribution in [2.24, 2.45) is 5.92 Å². The average Bonchev–Trinajstić information content (AvgIpc) is 3.53. The van der Waals surface area contributed by atoms with Crippen molar-refractivity contribution in [1.82, 2.24) is 10.2 Å². The molecular weight excluding hydrogens is 372 g/mol. The van der Waals surface area contributed by atoms with Crippen LogP contribution >= 0.6 is 0 Å². The van der Waals surface area contributed by atoms with Crippen molar-refractivity contribution >= 4 is 27.3 Å². The van der Waals surface area contributed by atoms with Crippen LogP contribution in [0.2, 0.25) is 0 Å². The molecule has 0 bridgehead atoms. The Balaban J connectivity index is 1.74. The molecule has 1 aliphatic carbocycles. The largest absolute Gasteiger partial charge is 0.379 e. The zero-order valence-corrected chi connectivity index (χ0v) is 16.3. The van der Waals surface area contributed by atoms with Gasteiger partial charge in [0, 0.05) is 11.4 Å². The van der Waals surface area contributed by atoms with Crippen molar-refractivity contribution in [1.29, 1.82) is 5.26 Å². The second-order valence-electron chi connectivity index (χ2n) is 7.23. The molecular formula is C21H20N4O2S. The minimum Gasteiger partial charge on any atom is -0.379 e. The summed E-state index contributed by atoms with van der Waals surface area (Å²) in [6.45, 7) is 2.13. The summed E-state index contributed by atoms with van der Waals surface area (Å²) in [6, 6.07) is 15.7. The van der Waals surface area contributed by atoms with E-state index in [1.54, 1.807) is 6.07 Å². The molecule has 1 aliphatic rings. The summed E-state index contributed by atoms with van der Waals surface area (Å²) in [6.07, 6.45) is 2.42. The highest BCUT2D eigenvalue weighted by atomic mass is 32.2. The van der Waals surface area contributed by atoms with Gasteiger partial charge in [0.2, 0.25) is 0 Å². The zero-order valence-electron chi connectivity index (χ0n) is 15.4. The first-order valence-electron chi connectivity index (χ1n) is 9.23. The molecule has 0 amide bonds. The second-order valence-corrected chi connectivity index (χ2v) is 8.21. The number of nitrogens with one attached hydrogen (secondary N) is 1. The van der Waals surface area contributed by atoms with Crippen LogP contribution in [0.25, 0.3) is 22.0 Å². The number of aromatic nitrogens is 2. The van der Waals surface area contributed by atoms with Crippen LogP contribution in [0.15, 0.2) is 42.5 Å². The number of rotatable bonds is 6. The fourth-order valence-corrected chi connectivity index (χ4v) is 3.95. The topological polar surface area (TPSA) is 95.7 Å². The van der Waals surface area contributed by atoms with E-state index in [0.29, 0.717) is 17.1 Å². The Kier molecular flexibility index (Phi) is 4.97. The highest BCUT2D eigenvalue weighted by Crippen LogP contribution is 2.36. The van der Waals surface area contributed by atoms with Crippen molar-refractivity contribution < 1.29 is 8.42 Å². The predicted molar refractivity (Wildman–Crippen MR) is 110 cm³/mol. The molecule has 0 unspecified atom stereocenters. The Morgan fingerprint density at radius 3 is 2.68 bits per heavy atom. The zero-order chi connectivity index (χ0) is 19.7. The molecule has 1 atom stereocenters. The van der Waals surface area contributed by atoms with E-state index < -0.39 is 10.7 Å². The molecule has 0 spiro atoms. The monoisotopic (exact) mass is 392 g/mol. The standard InChI is InChI=1S/C21H20N4O2S/c1-13(15-5-6-15)23-21-18-8-7-17(10-19(18)24-25-20(21)11-22)16-4-2-3-14(9-16)12-28(26)27/h2-4,7-10,13,15,28H,5-6,12H2,1H3,(H,23,24)/t13-/m1/s1. The number of nitriles is 1. The molecule has 3 aromatic rings. The Morgan fingerprint density at radius 2 is 1.96 bits per heavy atom. The normalized spacial score (nSPS) is 14.8. The molecule has 2 aromatic carbocycles. The van der Waals surface area contributed by atoms with Crippen LogP contribution in [0.1, 0.15) is 31.0 Å². The van der Waals surface area contributed by atoms with Crippen LogP contribution in [0.5, 0.6) is 0 Å². The number of nitrogens with zero attached hydrogens (tertiary/aromatic N) is 3. The van der Waals surface area contributed by atoms with Crippen LogP contribution in [-0.2, 0) is 16.5 Å². The maximum Gasteiger partial charge on any atom is 0.186 e. The molecule has 1 heterocycles. The van der Waals surface area contributed by atoms with Gasteiger partial charge < -0.3 is 5.32 Å². The number of hydrogen-bond acceptors (Lipinski definition) is 6. The first-order chi connectivity index (χ1) is 13.5. The van der Waals surface area contributed by atoms with Gasteiger partial charge in [-0.3, -0.25) is 0 Å². The molecule has 1 fully saturated rings. The van der Waals surface area contributed by atoms with Gasteiger partial charge in [-0.15, -0.1) is 10.2 Å². The lowest BCUT2D eigenvalue weighted by Gasteiger charge is -2.17. The van der Waals surface area contributed by atoms with Crippen molar-refractivity contribution in [3.63, 3.8) is 0 Å². The minimum absolute atomic E-state index is 0.0230. The van der Waals surface area contributed by atoms with Crippen LogP contribution in [0, 0.1) is 17.2 Å². The van der Waals surface area contributed by atoms with Crippen molar-refractivity contribution in [2.75, 3.05) is 5.32 Å². The molecule has 0 aliphatic heterocycles. The van der Waals surface area contributed by atoms with E-state index >= 15 is 0 Å². The summed E-state index contributed by atoms with van der Waals surface area (Å²) >= 11 is 0. The lowest BCUT2D eigenvalue weighted by Crippen LogP contribution is -2.19. The molecule has 142 valence electrons. The van der Waals surface area contributed by atoms with Crippen LogP contribution in [0.4, 0.5) is 5.69 Å². The number of benzene rings is 2. The quantitative estimate of drug-likeness (QED) is 0.624. The van der Waals surface area contributed by atoms with Crippen molar-refractivity contribution in [3.05, 3.63) is 53.7 Å². The first kappa shape index (κ1) is 18.4. The summed E-state index contributed by atoms with van der Waals surface area (Å²) < 4.78 is 22.0. The Hall–Kier alpha value is -2.98. The fourth-order valence-electron chi connectivity index (χ4n) is 3.45. The van der Waals surface area contributed by atoms with Gasteiger partial charge in [0.15, 0.2) is 5.69 Å². The van der Waals surface area contributed by atoms with Gasteiger partial charge in [0.1, 0.15) is 16.8 Å². The Labute approximate surface area is 165 Å². The fraction of sp³-hybridized carbons (Fsp3) is 0.286. The van der Waals surface area contributed by atoms with E-state index in [4.69, 9.17) is 0 Å². The highest BCUT2D eigenvalue weighted by Gasteiger charge is 2.29. The lowest BCUT2D eigenvalue weighted by atomic mass is 10.0. The Morgan fingerprint density at radius 1 is 1.18 bits per heavy atom. The van der Waals surface area contributed by atoms with Gasteiger partial charge in [-0.2, -0.15) is 5.26 Å². The van der Waals surface area contributed by atoms with Crippen LogP contribution < -0.4 is 5.32 Å². The molecule has 0 radical (unpaired) electrons. The van der Waals surface area contributed by atoms with E-state index in [1.165, 1.54) is 12.8 Å². The van der Waals surface area contributed by atoms with Gasteiger partial charge in [-0.1, -0.05) is 30.3 Å². The summed E-state index contributed by atoms with van der Waals surface area (Å²) in [7, 11) is -2.47. The molecule has 1 saturated carbocycles. The van der Waals surface area contributed by atoms with Gasteiger partial charge in [-0.25, -0.2) is 8.42 Å².